The summed E-state index contributed by atoms with van der Waals surface area (Å²) in [6.07, 6.45) is 0.238. The molecule has 0 spiro atoms. The number of ketones is 1. The van der Waals surface area contributed by atoms with Crippen molar-refractivity contribution >= 4 is 23.1 Å². The molecule has 1 aliphatic rings. The van der Waals surface area contributed by atoms with Gasteiger partial charge in [-0.2, -0.15) is 0 Å². The fraction of sp³-hybridized carbons (Fsp3) is 0.333. The molecule has 2 aromatic rings. The number of hydrogen-bond acceptors (Lipinski definition) is 5. The van der Waals surface area contributed by atoms with E-state index in [2.05, 4.69) is 0 Å². The van der Waals surface area contributed by atoms with Crippen LogP contribution in [-0.4, -0.2) is 37.0 Å². The molecule has 0 aliphatic carbocycles. The number of anilines is 2. The van der Waals surface area contributed by atoms with Crippen molar-refractivity contribution in [1.29, 1.82) is 0 Å². The fourth-order valence-electron chi connectivity index (χ4n) is 3.57. The molecule has 1 atom stereocenters. The smallest absolute Gasteiger partial charge is 0.294 e. The van der Waals surface area contributed by atoms with Gasteiger partial charge in [-0.05, 0) is 55.8 Å². The van der Waals surface area contributed by atoms with Gasteiger partial charge in [0, 0.05) is 31.9 Å². The molecule has 0 aromatic heterocycles. The predicted molar refractivity (Wildman–Crippen MR) is 118 cm³/mol. The number of carbonyl (C=O) groups excluding carboxylic acids is 2. The largest absolute Gasteiger partial charge is 0.503 e. The molecule has 1 aliphatic heterocycles. The lowest BCUT2D eigenvalue weighted by atomic mass is 9.94. The summed E-state index contributed by atoms with van der Waals surface area (Å²) in [4.78, 5) is 29.1. The number of rotatable bonds is 7. The van der Waals surface area contributed by atoms with Crippen LogP contribution in [0.4, 0.5) is 11.4 Å². The van der Waals surface area contributed by atoms with Crippen LogP contribution >= 0.6 is 0 Å². The Kier molecular flexibility index (Phi) is 6.15. The first-order valence-electron chi connectivity index (χ1n) is 10.1. The second-order valence-electron chi connectivity index (χ2n) is 7.76. The first-order valence-corrected chi connectivity index (χ1v) is 10.1. The van der Waals surface area contributed by atoms with Crippen LogP contribution in [0.1, 0.15) is 38.8 Å². The normalized spacial score (nSPS) is 16.4. The number of benzene rings is 2. The Morgan fingerprint density at radius 3 is 2.20 bits per heavy atom. The Hall–Kier alpha value is -3.28. The average molecular weight is 408 g/mol. The lowest BCUT2D eigenvalue weighted by molar-refractivity contribution is -0.118. The highest BCUT2D eigenvalue weighted by Crippen LogP contribution is 2.42. The van der Waals surface area contributed by atoms with Crippen molar-refractivity contribution in [3.8, 4) is 5.75 Å². The van der Waals surface area contributed by atoms with Crippen molar-refractivity contribution < 1.29 is 19.4 Å². The van der Waals surface area contributed by atoms with E-state index in [1.807, 2.05) is 81.4 Å². The van der Waals surface area contributed by atoms with E-state index in [-0.39, 0.29) is 23.9 Å². The van der Waals surface area contributed by atoms with Crippen molar-refractivity contribution in [2.75, 3.05) is 23.9 Å². The maximum absolute atomic E-state index is 13.0. The minimum atomic E-state index is -0.691. The number of ether oxygens (including phenoxy) is 1. The van der Waals surface area contributed by atoms with Crippen molar-refractivity contribution in [3.63, 3.8) is 0 Å². The van der Waals surface area contributed by atoms with Gasteiger partial charge in [-0.1, -0.05) is 19.1 Å². The summed E-state index contributed by atoms with van der Waals surface area (Å²) in [6, 6.07) is 14.0. The molecule has 2 aromatic carbocycles. The quantitative estimate of drug-likeness (QED) is 0.734. The van der Waals surface area contributed by atoms with Gasteiger partial charge in [0.2, 0.25) is 0 Å². The second kappa shape index (κ2) is 8.61. The maximum Gasteiger partial charge on any atom is 0.294 e. The number of nitrogens with zero attached hydrogens (tertiary/aromatic N) is 2. The van der Waals surface area contributed by atoms with E-state index in [1.165, 1.54) is 4.90 Å². The Labute approximate surface area is 177 Å². The average Bonchev–Trinajstić information content (AvgIpc) is 2.98. The third kappa shape index (κ3) is 4.03. The van der Waals surface area contributed by atoms with Crippen molar-refractivity contribution in [1.82, 2.24) is 0 Å². The van der Waals surface area contributed by atoms with Gasteiger partial charge in [0.05, 0.1) is 17.7 Å². The fourth-order valence-corrected chi connectivity index (χ4v) is 3.57. The van der Waals surface area contributed by atoms with Gasteiger partial charge in [0.1, 0.15) is 5.75 Å². The van der Waals surface area contributed by atoms with Crippen LogP contribution in [0, 0.1) is 0 Å². The van der Waals surface area contributed by atoms with E-state index in [9.17, 15) is 14.7 Å². The monoisotopic (exact) mass is 408 g/mol. The summed E-state index contributed by atoms with van der Waals surface area (Å²) in [5, 5.41) is 10.6. The molecule has 6 nitrogen and oxygen atoms in total. The van der Waals surface area contributed by atoms with Gasteiger partial charge in [0.25, 0.3) is 5.91 Å². The molecule has 6 heteroatoms. The van der Waals surface area contributed by atoms with Crippen LogP contribution in [0.15, 0.2) is 59.9 Å². The molecule has 0 saturated carbocycles. The molecule has 1 N–H and O–H groups in total. The second-order valence-corrected chi connectivity index (χ2v) is 7.76. The number of aliphatic hydroxyl groups excluding tert-OH is 1. The molecule has 1 unspecified atom stereocenters. The summed E-state index contributed by atoms with van der Waals surface area (Å²) in [7, 11) is 3.87. The number of hydrogen-bond donors (Lipinski definition) is 1. The standard InChI is InChI=1S/C24H28N2O4/c1-6-20(27)21-22(16-7-13-19(14-8-16)30-15(2)3)26(24(29)23(21)28)18-11-9-17(10-12-18)25(4)5/h7-15,22,28H,6H2,1-5H3. The van der Waals surface area contributed by atoms with Crippen molar-refractivity contribution in [3.05, 3.63) is 65.4 Å². The van der Waals surface area contributed by atoms with E-state index in [1.54, 1.807) is 6.92 Å². The summed E-state index contributed by atoms with van der Waals surface area (Å²) in [6.45, 7) is 5.61. The van der Waals surface area contributed by atoms with Crippen LogP contribution < -0.4 is 14.5 Å². The summed E-state index contributed by atoms with van der Waals surface area (Å²) in [5.74, 6) is -0.597. The highest BCUT2D eigenvalue weighted by atomic mass is 16.5. The SMILES string of the molecule is CCC(=O)C1=C(O)C(=O)N(c2ccc(N(C)C)cc2)C1c1ccc(OC(C)C)cc1. The lowest BCUT2D eigenvalue weighted by Gasteiger charge is -2.27. The zero-order valence-corrected chi connectivity index (χ0v) is 18.0. The van der Waals surface area contributed by atoms with Crippen LogP contribution in [0.3, 0.4) is 0 Å². The third-order valence-corrected chi connectivity index (χ3v) is 5.04. The van der Waals surface area contributed by atoms with Gasteiger partial charge in [-0.3, -0.25) is 14.5 Å². The summed E-state index contributed by atoms with van der Waals surface area (Å²) >= 11 is 0. The maximum atomic E-state index is 13.0. The minimum Gasteiger partial charge on any atom is -0.503 e. The van der Waals surface area contributed by atoms with Crippen LogP contribution in [0.5, 0.6) is 5.75 Å². The highest BCUT2D eigenvalue weighted by Gasteiger charge is 2.43. The van der Waals surface area contributed by atoms with Gasteiger partial charge < -0.3 is 14.7 Å². The lowest BCUT2D eigenvalue weighted by Crippen LogP contribution is -2.31. The Morgan fingerprint density at radius 2 is 1.70 bits per heavy atom. The van der Waals surface area contributed by atoms with E-state index in [0.717, 1.165) is 11.3 Å². The molecule has 0 saturated heterocycles. The number of carbonyl (C=O) groups is 2. The molecule has 0 bridgehead atoms. The molecule has 1 amide bonds. The van der Waals surface area contributed by atoms with Gasteiger partial charge in [-0.15, -0.1) is 0 Å². The molecule has 0 radical (unpaired) electrons. The van der Waals surface area contributed by atoms with Crippen LogP contribution in [0.2, 0.25) is 0 Å². The van der Waals surface area contributed by atoms with Crippen molar-refractivity contribution in [2.24, 2.45) is 0 Å². The molecule has 30 heavy (non-hydrogen) atoms. The Bertz CT molecular complexity index is 960. The minimum absolute atomic E-state index is 0.0387. The molecule has 3 rings (SSSR count). The Balaban J connectivity index is 2.06. The first kappa shape index (κ1) is 21.4. The number of amides is 1. The number of aliphatic hydroxyl groups is 1. The van der Waals surface area contributed by atoms with E-state index in [4.69, 9.17) is 4.74 Å². The van der Waals surface area contributed by atoms with Crippen LogP contribution in [0.25, 0.3) is 0 Å². The molecule has 1 heterocycles. The van der Waals surface area contributed by atoms with E-state index < -0.39 is 17.7 Å². The van der Waals surface area contributed by atoms with Gasteiger partial charge >= 0.3 is 0 Å². The topological polar surface area (TPSA) is 70.1 Å². The van der Waals surface area contributed by atoms with Crippen molar-refractivity contribution in [2.45, 2.75) is 39.3 Å². The molecule has 0 fully saturated rings. The van der Waals surface area contributed by atoms with E-state index in [0.29, 0.717) is 11.4 Å². The zero-order chi connectivity index (χ0) is 22.0. The third-order valence-electron chi connectivity index (χ3n) is 5.04. The van der Waals surface area contributed by atoms with E-state index >= 15 is 0 Å². The zero-order valence-electron chi connectivity index (χ0n) is 18.0. The van der Waals surface area contributed by atoms with Gasteiger partial charge in [0.15, 0.2) is 11.5 Å². The molecular weight excluding hydrogens is 380 g/mol. The highest BCUT2D eigenvalue weighted by molar-refractivity contribution is 6.16. The Morgan fingerprint density at radius 1 is 1.10 bits per heavy atom. The first-order chi connectivity index (χ1) is 14.2. The number of Topliss-reactive ketones (excluding diaryl/α,β-unsaturated/α-hetero) is 1. The molecule has 158 valence electrons. The molecular formula is C24H28N2O4. The summed E-state index contributed by atoms with van der Waals surface area (Å²) in [5.41, 5.74) is 2.47. The van der Waals surface area contributed by atoms with Crippen LogP contribution in [-0.2, 0) is 9.59 Å². The summed E-state index contributed by atoms with van der Waals surface area (Å²) < 4.78 is 5.70. The predicted octanol–water partition coefficient (Wildman–Crippen LogP) is 4.42. The van der Waals surface area contributed by atoms with Gasteiger partial charge in [-0.25, -0.2) is 0 Å².